The highest BCUT2D eigenvalue weighted by Gasteiger charge is 2.34. The Labute approximate surface area is 168 Å². The Bertz CT molecular complexity index is 880. The second-order valence-corrected chi connectivity index (χ2v) is 7.21. The fourth-order valence-electron chi connectivity index (χ4n) is 3.62. The van der Waals surface area contributed by atoms with E-state index < -0.39 is 6.10 Å². The van der Waals surface area contributed by atoms with Crippen molar-refractivity contribution in [2.45, 2.75) is 46.1 Å². The van der Waals surface area contributed by atoms with Crippen molar-refractivity contribution in [3.63, 3.8) is 0 Å². The molecule has 158 valence electrons. The molecule has 3 heterocycles. The van der Waals surface area contributed by atoms with Gasteiger partial charge in [-0.3, -0.25) is 14.7 Å². The Hall–Kier alpha value is -3.01. The van der Waals surface area contributed by atoms with Crippen LogP contribution in [0, 0.1) is 26.7 Å². The van der Waals surface area contributed by atoms with Gasteiger partial charge in [0.15, 0.2) is 0 Å². The van der Waals surface area contributed by atoms with Gasteiger partial charge in [-0.05, 0) is 45.2 Å². The standard InChI is InChI=1S/C18H25N5O3.CH2O2/c1-10-6-14(22-21-10)7-13-8-23(9-16(13)24)17(25)5-4-15-11(2)19-18(26)20-12(15)3;2-1-3/h6,13,16,24H,4-5,7-9H2,1-3H3,(H,21,22)(H,19,20,26);1H,(H,2,3)/t13-,16-;/m1./s1. The Morgan fingerprint density at radius 2 is 2.03 bits per heavy atom. The van der Waals surface area contributed by atoms with Crippen LogP contribution in [0.3, 0.4) is 0 Å². The Morgan fingerprint density at radius 1 is 1.34 bits per heavy atom. The molecule has 2 aromatic heterocycles. The summed E-state index contributed by atoms with van der Waals surface area (Å²) < 4.78 is 0. The summed E-state index contributed by atoms with van der Waals surface area (Å²) in [5.41, 5.74) is 3.85. The summed E-state index contributed by atoms with van der Waals surface area (Å²) >= 11 is 0. The van der Waals surface area contributed by atoms with Gasteiger partial charge in [-0.2, -0.15) is 10.1 Å². The summed E-state index contributed by atoms with van der Waals surface area (Å²) in [5, 5.41) is 24.3. The van der Waals surface area contributed by atoms with Gasteiger partial charge in [0.1, 0.15) is 0 Å². The molecule has 1 amide bonds. The number of nitrogens with one attached hydrogen (secondary N) is 2. The van der Waals surface area contributed by atoms with E-state index in [0.717, 1.165) is 22.6 Å². The lowest BCUT2D eigenvalue weighted by atomic mass is 10.00. The number of carbonyl (C=O) groups excluding carboxylic acids is 1. The molecule has 0 unspecified atom stereocenters. The average molecular weight is 405 g/mol. The van der Waals surface area contributed by atoms with Crippen LogP contribution < -0.4 is 5.69 Å². The first-order valence-corrected chi connectivity index (χ1v) is 9.36. The Morgan fingerprint density at radius 3 is 2.62 bits per heavy atom. The van der Waals surface area contributed by atoms with Crippen LogP contribution in [0.4, 0.5) is 0 Å². The highest BCUT2D eigenvalue weighted by Crippen LogP contribution is 2.22. The third-order valence-corrected chi connectivity index (χ3v) is 5.03. The maximum absolute atomic E-state index is 12.6. The third kappa shape index (κ3) is 5.98. The first kappa shape index (κ1) is 22.3. The van der Waals surface area contributed by atoms with E-state index in [1.807, 2.05) is 19.9 Å². The minimum Gasteiger partial charge on any atom is -0.483 e. The van der Waals surface area contributed by atoms with E-state index >= 15 is 0 Å². The van der Waals surface area contributed by atoms with Crippen molar-refractivity contribution in [1.82, 2.24) is 25.1 Å². The number of aliphatic hydroxyl groups excluding tert-OH is 1. The topological polar surface area (TPSA) is 152 Å². The fraction of sp³-hybridized carbons (Fsp3) is 0.526. The maximum atomic E-state index is 12.6. The van der Waals surface area contributed by atoms with Crippen LogP contribution in [-0.2, 0) is 22.4 Å². The van der Waals surface area contributed by atoms with Gasteiger partial charge in [-0.25, -0.2) is 4.79 Å². The molecule has 0 aromatic carbocycles. The zero-order chi connectivity index (χ0) is 21.6. The number of aryl methyl sites for hydroxylation is 3. The predicted octanol–water partition coefficient (Wildman–Crippen LogP) is 0.114. The number of hydrogen-bond donors (Lipinski definition) is 4. The lowest BCUT2D eigenvalue weighted by molar-refractivity contribution is -0.130. The molecule has 0 bridgehead atoms. The maximum Gasteiger partial charge on any atom is 0.345 e. The third-order valence-electron chi connectivity index (χ3n) is 5.03. The molecule has 29 heavy (non-hydrogen) atoms. The number of carbonyl (C=O) groups is 2. The fourth-order valence-corrected chi connectivity index (χ4v) is 3.62. The van der Waals surface area contributed by atoms with E-state index in [4.69, 9.17) is 9.90 Å². The Balaban J connectivity index is 0.000000941. The number of aromatic amines is 2. The van der Waals surface area contributed by atoms with E-state index in [1.165, 1.54) is 0 Å². The molecule has 1 fully saturated rings. The molecule has 4 N–H and O–H groups in total. The van der Waals surface area contributed by atoms with Crippen LogP contribution >= 0.6 is 0 Å². The van der Waals surface area contributed by atoms with Crippen LogP contribution in [0.25, 0.3) is 0 Å². The van der Waals surface area contributed by atoms with Gasteiger partial charge >= 0.3 is 5.69 Å². The minimum absolute atomic E-state index is 0.000121. The van der Waals surface area contributed by atoms with Crippen molar-refractivity contribution in [3.8, 4) is 0 Å². The van der Waals surface area contributed by atoms with Gasteiger partial charge in [-0.15, -0.1) is 0 Å². The van der Waals surface area contributed by atoms with Gasteiger partial charge in [0, 0.05) is 42.5 Å². The molecule has 2 aromatic rings. The lowest BCUT2D eigenvalue weighted by Gasteiger charge is -2.16. The number of carboxylic acid groups (broad SMARTS) is 1. The molecule has 3 rings (SSSR count). The molecule has 1 saturated heterocycles. The number of likely N-dealkylation sites (tertiary alicyclic amines) is 1. The highest BCUT2D eigenvalue weighted by molar-refractivity contribution is 5.77. The second kappa shape index (κ2) is 9.97. The molecule has 1 aliphatic heterocycles. The summed E-state index contributed by atoms with van der Waals surface area (Å²) in [6.45, 7) is 6.18. The number of rotatable bonds is 5. The SMILES string of the molecule is Cc1cc(C[C@@H]2CN(C(=O)CCc3c(C)nc(=O)[nH]c3C)C[C@H]2O)n[nH]1.O=CO. The van der Waals surface area contributed by atoms with Crippen molar-refractivity contribution < 1.29 is 19.8 Å². The summed E-state index contributed by atoms with van der Waals surface area (Å²) in [5.74, 6) is 0.00891. The van der Waals surface area contributed by atoms with E-state index in [-0.39, 0.29) is 24.0 Å². The van der Waals surface area contributed by atoms with Crippen LogP contribution in [0.1, 0.15) is 34.8 Å². The number of amides is 1. The number of nitrogens with zero attached hydrogens (tertiary/aromatic N) is 3. The number of hydrogen-bond acceptors (Lipinski definition) is 6. The number of H-pyrrole nitrogens is 2. The number of aliphatic hydroxyl groups is 1. The van der Waals surface area contributed by atoms with Gasteiger partial charge in [-0.1, -0.05) is 0 Å². The van der Waals surface area contributed by atoms with Crippen LogP contribution in [-0.4, -0.2) is 66.9 Å². The zero-order valence-electron chi connectivity index (χ0n) is 16.8. The van der Waals surface area contributed by atoms with Gasteiger partial charge in [0.2, 0.25) is 5.91 Å². The lowest BCUT2D eigenvalue weighted by Crippen LogP contribution is -2.30. The van der Waals surface area contributed by atoms with Crippen molar-refractivity contribution in [2.24, 2.45) is 5.92 Å². The van der Waals surface area contributed by atoms with Crippen LogP contribution in [0.15, 0.2) is 10.9 Å². The highest BCUT2D eigenvalue weighted by atomic mass is 16.3. The molecule has 2 atom stereocenters. The first-order chi connectivity index (χ1) is 13.7. The smallest absolute Gasteiger partial charge is 0.345 e. The molecular weight excluding hydrogens is 378 g/mol. The Kier molecular flexibility index (Phi) is 7.66. The number of aromatic nitrogens is 4. The van der Waals surface area contributed by atoms with Crippen molar-refractivity contribution >= 4 is 12.4 Å². The van der Waals surface area contributed by atoms with Crippen molar-refractivity contribution in [3.05, 3.63) is 44.9 Å². The van der Waals surface area contributed by atoms with Gasteiger partial charge in [0.05, 0.1) is 11.8 Å². The second-order valence-electron chi connectivity index (χ2n) is 7.21. The largest absolute Gasteiger partial charge is 0.483 e. The molecule has 0 spiro atoms. The summed E-state index contributed by atoms with van der Waals surface area (Å²) in [7, 11) is 0. The van der Waals surface area contributed by atoms with E-state index in [2.05, 4.69) is 20.2 Å². The number of β-amino-alcohol motifs (C(OH)–C–C–N with tert-alkyl or cyclic N) is 1. The molecule has 1 aliphatic rings. The van der Waals surface area contributed by atoms with E-state index in [0.29, 0.717) is 38.0 Å². The predicted molar refractivity (Wildman–Crippen MR) is 104 cm³/mol. The zero-order valence-corrected chi connectivity index (χ0v) is 16.8. The van der Waals surface area contributed by atoms with E-state index in [1.54, 1.807) is 11.8 Å². The van der Waals surface area contributed by atoms with Crippen LogP contribution in [0.5, 0.6) is 0 Å². The first-order valence-electron chi connectivity index (χ1n) is 9.36. The molecule has 0 saturated carbocycles. The molecule has 10 nitrogen and oxygen atoms in total. The molecule has 0 radical (unpaired) electrons. The molecular formula is C19H27N5O5. The van der Waals surface area contributed by atoms with Crippen LogP contribution in [0.2, 0.25) is 0 Å². The van der Waals surface area contributed by atoms with Crippen molar-refractivity contribution in [1.29, 1.82) is 0 Å². The minimum atomic E-state index is -0.533. The van der Waals surface area contributed by atoms with Gasteiger partial charge < -0.3 is 20.1 Å². The summed E-state index contributed by atoms with van der Waals surface area (Å²) in [6, 6.07) is 1.96. The molecule has 0 aliphatic carbocycles. The summed E-state index contributed by atoms with van der Waals surface area (Å²) in [4.78, 5) is 40.6. The monoisotopic (exact) mass is 405 g/mol. The quantitative estimate of drug-likeness (QED) is 0.515. The normalized spacial score (nSPS) is 18.3. The molecule has 10 heteroatoms. The van der Waals surface area contributed by atoms with Gasteiger partial charge in [0.25, 0.3) is 6.47 Å². The van der Waals surface area contributed by atoms with E-state index in [9.17, 15) is 14.7 Å². The van der Waals surface area contributed by atoms with Crippen molar-refractivity contribution in [2.75, 3.05) is 13.1 Å². The summed E-state index contributed by atoms with van der Waals surface area (Å²) in [6.07, 6.45) is 0.971. The average Bonchev–Trinajstić information content (AvgIpc) is 3.20.